The van der Waals surface area contributed by atoms with Crippen molar-refractivity contribution in [2.75, 3.05) is 17.2 Å². The lowest BCUT2D eigenvalue weighted by molar-refractivity contribution is -0.124. The van der Waals surface area contributed by atoms with Crippen molar-refractivity contribution >= 4 is 23.2 Å². The summed E-state index contributed by atoms with van der Waals surface area (Å²) in [6.45, 7) is 5.38. The highest BCUT2D eigenvalue weighted by atomic mass is 16.5. The zero-order chi connectivity index (χ0) is 19.9. The molecule has 6 nitrogen and oxygen atoms in total. The molecule has 2 aromatic carbocycles. The lowest BCUT2D eigenvalue weighted by Gasteiger charge is -2.11. The molecule has 0 radical (unpaired) electrons. The van der Waals surface area contributed by atoms with Crippen LogP contribution in [0.5, 0.6) is 0 Å². The summed E-state index contributed by atoms with van der Waals surface area (Å²) in [5.74, 6) is 0.714. The average molecular weight is 380 g/mol. The first kappa shape index (κ1) is 19.9. The Balaban J connectivity index is 1.58. The van der Waals surface area contributed by atoms with E-state index in [0.29, 0.717) is 25.0 Å². The predicted molar refractivity (Wildman–Crippen MR) is 114 cm³/mol. The van der Waals surface area contributed by atoms with E-state index in [0.717, 1.165) is 29.8 Å². The predicted octanol–water partition coefficient (Wildman–Crippen LogP) is 3.85. The van der Waals surface area contributed by atoms with Gasteiger partial charge in [-0.3, -0.25) is 4.79 Å². The normalized spacial score (nSPS) is 17.0. The largest absolute Gasteiger partial charge is 0.370 e. The number of carbonyl (C=O) groups is 1. The molecule has 0 spiro atoms. The van der Waals surface area contributed by atoms with Gasteiger partial charge in [0.15, 0.2) is 5.96 Å². The van der Waals surface area contributed by atoms with Gasteiger partial charge in [0.1, 0.15) is 6.10 Å². The molecule has 1 aliphatic rings. The quantitative estimate of drug-likeness (QED) is 0.524. The number of hydrogen-bond acceptors (Lipinski definition) is 3. The maximum atomic E-state index is 12.2. The molecule has 1 aliphatic heterocycles. The fourth-order valence-corrected chi connectivity index (χ4v) is 3.09. The van der Waals surface area contributed by atoms with Crippen LogP contribution in [0, 0.1) is 0 Å². The van der Waals surface area contributed by atoms with E-state index >= 15 is 0 Å². The minimum Gasteiger partial charge on any atom is -0.370 e. The minimum absolute atomic E-state index is 0.0932. The van der Waals surface area contributed by atoms with Gasteiger partial charge < -0.3 is 21.1 Å². The molecule has 1 heterocycles. The third-order valence-corrected chi connectivity index (χ3v) is 4.67. The van der Waals surface area contributed by atoms with Crippen LogP contribution >= 0.6 is 0 Å². The van der Waals surface area contributed by atoms with Crippen molar-refractivity contribution in [3.63, 3.8) is 0 Å². The molecule has 0 saturated carbocycles. The summed E-state index contributed by atoms with van der Waals surface area (Å²) in [6.07, 6.45) is 1.36. The Bertz CT molecular complexity index is 842. The number of carbonyl (C=O) groups excluding carboxylic acids is 1. The second-order valence-electron chi connectivity index (χ2n) is 7.30. The number of rotatable bonds is 6. The monoisotopic (exact) mass is 380 g/mol. The molecular formula is C22H28N4O2. The molecule has 0 aromatic heterocycles. The highest BCUT2D eigenvalue weighted by Crippen LogP contribution is 2.19. The van der Waals surface area contributed by atoms with E-state index in [9.17, 15) is 4.79 Å². The van der Waals surface area contributed by atoms with E-state index in [-0.39, 0.29) is 12.0 Å². The van der Waals surface area contributed by atoms with Gasteiger partial charge in [-0.1, -0.05) is 38.1 Å². The van der Waals surface area contributed by atoms with Crippen LogP contribution in [0.3, 0.4) is 0 Å². The van der Waals surface area contributed by atoms with E-state index in [1.165, 1.54) is 5.56 Å². The summed E-state index contributed by atoms with van der Waals surface area (Å²) in [5, 5.41) is 6.04. The molecule has 1 unspecified atom stereocenters. The Morgan fingerprint density at radius 1 is 1.18 bits per heavy atom. The smallest absolute Gasteiger partial charge is 0.253 e. The molecule has 1 atom stereocenters. The third kappa shape index (κ3) is 5.57. The van der Waals surface area contributed by atoms with Crippen molar-refractivity contribution in [1.29, 1.82) is 0 Å². The summed E-state index contributed by atoms with van der Waals surface area (Å²) in [6, 6.07) is 15.8. The number of hydrogen-bond donors (Lipinski definition) is 3. The van der Waals surface area contributed by atoms with Crippen LogP contribution in [0.4, 0.5) is 11.4 Å². The van der Waals surface area contributed by atoms with Gasteiger partial charge in [-0.25, -0.2) is 4.99 Å². The van der Waals surface area contributed by atoms with Crippen molar-refractivity contribution < 1.29 is 9.53 Å². The van der Waals surface area contributed by atoms with Crippen molar-refractivity contribution in [2.24, 2.45) is 10.7 Å². The average Bonchev–Trinajstić information content (AvgIpc) is 3.22. The van der Waals surface area contributed by atoms with Gasteiger partial charge in [0.05, 0.1) is 6.54 Å². The Morgan fingerprint density at radius 3 is 2.64 bits per heavy atom. The van der Waals surface area contributed by atoms with Gasteiger partial charge in [0.2, 0.25) is 0 Å². The van der Waals surface area contributed by atoms with Crippen LogP contribution in [0.1, 0.15) is 43.7 Å². The Morgan fingerprint density at radius 2 is 1.93 bits per heavy atom. The molecular weight excluding hydrogens is 352 g/mol. The van der Waals surface area contributed by atoms with Gasteiger partial charge in [0.25, 0.3) is 5.91 Å². The van der Waals surface area contributed by atoms with E-state index in [1.54, 1.807) is 0 Å². The van der Waals surface area contributed by atoms with Crippen LogP contribution in [0.25, 0.3) is 0 Å². The molecule has 1 amide bonds. The van der Waals surface area contributed by atoms with Crippen molar-refractivity contribution in [3.05, 3.63) is 59.7 Å². The van der Waals surface area contributed by atoms with Gasteiger partial charge >= 0.3 is 0 Å². The summed E-state index contributed by atoms with van der Waals surface area (Å²) in [7, 11) is 0. The Hall–Kier alpha value is -2.86. The Kier molecular flexibility index (Phi) is 6.66. The number of ether oxygens (including phenoxy) is 1. The SMILES string of the molecule is CC(C)c1cccc(NC(N)=NCc2cccc(NC(=O)C3CCCO3)c2)c1. The second-order valence-corrected chi connectivity index (χ2v) is 7.30. The zero-order valence-corrected chi connectivity index (χ0v) is 16.4. The highest BCUT2D eigenvalue weighted by Gasteiger charge is 2.23. The Labute approximate surface area is 166 Å². The molecule has 3 rings (SSSR count). The third-order valence-electron chi connectivity index (χ3n) is 4.67. The summed E-state index contributed by atoms with van der Waals surface area (Å²) in [5.41, 5.74) is 9.90. The van der Waals surface area contributed by atoms with Crippen LogP contribution < -0.4 is 16.4 Å². The van der Waals surface area contributed by atoms with Crippen LogP contribution in [-0.4, -0.2) is 24.6 Å². The molecule has 0 bridgehead atoms. The van der Waals surface area contributed by atoms with Gasteiger partial charge in [-0.05, 0) is 54.2 Å². The summed E-state index contributed by atoms with van der Waals surface area (Å²) in [4.78, 5) is 16.6. The molecule has 2 aromatic rings. The van der Waals surface area contributed by atoms with E-state index in [2.05, 4.69) is 41.6 Å². The molecule has 1 fully saturated rings. The maximum absolute atomic E-state index is 12.2. The van der Waals surface area contributed by atoms with E-state index in [4.69, 9.17) is 10.5 Å². The highest BCUT2D eigenvalue weighted by molar-refractivity contribution is 5.94. The van der Waals surface area contributed by atoms with Gasteiger partial charge in [0, 0.05) is 18.0 Å². The summed E-state index contributed by atoms with van der Waals surface area (Å²) >= 11 is 0. The van der Waals surface area contributed by atoms with Crippen LogP contribution in [0.2, 0.25) is 0 Å². The number of amides is 1. The molecule has 6 heteroatoms. The number of nitrogens with two attached hydrogens (primary N) is 1. The lowest BCUT2D eigenvalue weighted by atomic mass is 10.0. The minimum atomic E-state index is -0.344. The number of nitrogens with one attached hydrogen (secondary N) is 2. The summed E-state index contributed by atoms with van der Waals surface area (Å²) < 4.78 is 5.42. The first-order chi connectivity index (χ1) is 13.5. The number of aliphatic imine (C=N–C) groups is 1. The number of benzene rings is 2. The first-order valence-corrected chi connectivity index (χ1v) is 9.69. The standard InChI is InChI=1S/C22H28N4O2/c1-15(2)17-7-4-9-19(13-17)26-22(23)24-14-16-6-3-8-18(12-16)25-21(27)20-10-5-11-28-20/h3-4,6-9,12-13,15,20H,5,10-11,14H2,1-2H3,(H,25,27)(H3,23,24,26). The number of nitrogens with zero attached hydrogens (tertiary/aromatic N) is 1. The number of guanidine groups is 1. The second kappa shape index (κ2) is 9.37. The fourth-order valence-electron chi connectivity index (χ4n) is 3.09. The molecule has 1 saturated heterocycles. The van der Waals surface area contributed by atoms with Crippen molar-refractivity contribution in [1.82, 2.24) is 0 Å². The van der Waals surface area contributed by atoms with Crippen LogP contribution in [-0.2, 0) is 16.1 Å². The zero-order valence-electron chi connectivity index (χ0n) is 16.4. The molecule has 148 valence electrons. The molecule has 28 heavy (non-hydrogen) atoms. The molecule has 4 N–H and O–H groups in total. The van der Waals surface area contributed by atoms with E-state index < -0.39 is 0 Å². The van der Waals surface area contributed by atoms with Crippen molar-refractivity contribution in [2.45, 2.75) is 45.3 Å². The molecule has 0 aliphatic carbocycles. The number of anilines is 2. The first-order valence-electron chi connectivity index (χ1n) is 9.69. The lowest BCUT2D eigenvalue weighted by Crippen LogP contribution is -2.26. The maximum Gasteiger partial charge on any atom is 0.253 e. The van der Waals surface area contributed by atoms with Gasteiger partial charge in [-0.15, -0.1) is 0 Å². The topological polar surface area (TPSA) is 88.7 Å². The van der Waals surface area contributed by atoms with E-state index in [1.807, 2.05) is 36.4 Å². The van der Waals surface area contributed by atoms with Gasteiger partial charge in [-0.2, -0.15) is 0 Å². The van der Waals surface area contributed by atoms with Crippen LogP contribution in [0.15, 0.2) is 53.5 Å². The van der Waals surface area contributed by atoms with Crippen molar-refractivity contribution in [3.8, 4) is 0 Å². The fraction of sp³-hybridized carbons (Fsp3) is 0.364.